The average Bonchev–Trinajstić information content (AvgIpc) is 2.80. The first-order valence-corrected chi connectivity index (χ1v) is 6.95. The maximum absolute atomic E-state index is 11.1. The van der Waals surface area contributed by atoms with Crippen LogP contribution < -0.4 is 5.32 Å². The van der Waals surface area contributed by atoms with Crippen LogP contribution in [0.3, 0.4) is 0 Å². The Balaban J connectivity index is 2.33. The van der Waals surface area contributed by atoms with Gasteiger partial charge in [-0.25, -0.2) is 0 Å². The van der Waals surface area contributed by atoms with Crippen LogP contribution in [0.2, 0.25) is 0 Å². The van der Waals surface area contributed by atoms with E-state index in [-0.39, 0.29) is 16.7 Å². The van der Waals surface area contributed by atoms with Crippen molar-refractivity contribution in [3.05, 3.63) is 55.9 Å². The minimum atomic E-state index is -0.375. The molecule has 1 N–H and O–H groups in total. The molecule has 0 aliphatic heterocycles. The van der Waals surface area contributed by atoms with Crippen LogP contribution in [0.15, 0.2) is 33.4 Å². The number of halogens is 1. The molecule has 0 amide bonds. The number of aryl methyl sites for hydroxylation is 2. The lowest BCUT2D eigenvalue weighted by molar-refractivity contribution is -0.384. The zero-order valence-electron chi connectivity index (χ0n) is 11.4. The summed E-state index contributed by atoms with van der Waals surface area (Å²) in [6.45, 7) is 5.68. The van der Waals surface area contributed by atoms with E-state index in [2.05, 4.69) is 21.2 Å². The van der Waals surface area contributed by atoms with Crippen molar-refractivity contribution in [3.63, 3.8) is 0 Å². The molecule has 1 unspecified atom stereocenters. The molecule has 1 aromatic heterocycles. The summed E-state index contributed by atoms with van der Waals surface area (Å²) in [6, 6.07) is 6.84. The highest BCUT2D eigenvalue weighted by molar-refractivity contribution is 9.10. The maximum atomic E-state index is 11.1. The van der Waals surface area contributed by atoms with Gasteiger partial charge in [0.05, 0.1) is 11.0 Å². The van der Waals surface area contributed by atoms with Crippen molar-refractivity contribution in [1.29, 1.82) is 0 Å². The summed E-state index contributed by atoms with van der Waals surface area (Å²) in [6.07, 6.45) is 0. The number of rotatable bonds is 4. The quantitative estimate of drug-likeness (QED) is 0.645. The van der Waals surface area contributed by atoms with Crippen molar-refractivity contribution in [3.8, 4) is 0 Å². The third-order valence-electron chi connectivity index (χ3n) is 3.20. The van der Waals surface area contributed by atoms with Gasteiger partial charge in [-0.3, -0.25) is 10.1 Å². The minimum absolute atomic E-state index is 0.0746. The molecular formula is C14H15BrN2O3. The van der Waals surface area contributed by atoms with Crippen molar-refractivity contribution in [1.82, 2.24) is 0 Å². The molecule has 0 radical (unpaired) electrons. The normalized spacial score (nSPS) is 12.2. The lowest BCUT2D eigenvalue weighted by atomic mass is 10.1. The second-order valence-electron chi connectivity index (χ2n) is 4.72. The molecule has 0 saturated heterocycles. The number of benzene rings is 1. The number of hydrogen-bond acceptors (Lipinski definition) is 4. The van der Waals surface area contributed by atoms with E-state index in [4.69, 9.17) is 4.42 Å². The van der Waals surface area contributed by atoms with E-state index in [0.717, 1.165) is 11.1 Å². The van der Waals surface area contributed by atoms with Gasteiger partial charge in [0.15, 0.2) is 4.67 Å². The molecule has 0 spiro atoms. The van der Waals surface area contributed by atoms with Crippen LogP contribution in [-0.4, -0.2) is 4.92 Å². The predicted octanol–water partition coefficient (Wildman–Crippen LogP) is 4.74. The van der Waals surface area contributed by atoms with Crippen LogP contribution in [0.1, 0.15) is 29.9 Å². The molecule has 0 saturated carbocycles. The summed E-state index contributed by atoms with van der Waals surface area (Å²) in [5.41, 5.74) is 2.48. The van der Waals surface area contributed by atoms with Gasteiger partial charge in [0.1, 0.15) is 11.4 Å². The van der Waals surface area contributed by atoms with Crippen molar-refractivity contribution in [2.24, 2.45) is 0 Å². The van der Waals surface area contributed by atoms with E-state index >= 15 is 0 Å². The number of nitrogens with one attached hydrogen (secondary N) is 1. The lowest BCUT2D eigenvalue weighted by Crippen LogP contribution is -2.08. The van der Waals surface area contributed by atoms with Crippen LogP contribution in [0.5, 0.6) is 0 Å². The number of nitro benzene ring substituents is 1. The molecule has 0 aliphatic rings. The molecule has 6 heteroatoms. The first-order chi connectivity index (χ1) is 9.38. The van der Waals surface area contributed by atoms with Gasteiger partial charge in [-0.05, 0) is 66.0 Å². The van der Waals surface area contributed by atoms with Crippen molar-refractivity contribution in [2.75, 3.05) is 5.32 Å². The first kappa shape index (κ1) is 14.6. The minimum Gasteiger partial charge on any atom is -0.452 e. The first-order valence-electron chi connectivity index (χ1n) is 6.16. The second-order valence-corrected chi connectivity index (χ2v) is 5.50. The van der Waals surface area contributed by atoms with Gasteiger partial charge < -0.3 is 9.73 Å². The standard InChI is InChI=1S/C14H15BrN2O3/c1-8-6-11(12(17(18)19)7-9(8)2)16-10(3)13-4-5-14(15)20-13/h4-7,10,16H,1-3H3. The number of anilines is 1. The highest BCUT2D eigenvalue weighted by Gasteiger charge is 2.19. The Bertz CT molecular complexity index is 652. The third kappa shape index (κ3) is 3.01. The predicted molar refractivity (Wildman–Crippen MR) is 81.0 cm³/mol. The molecule has 1 heterocycles. The average molecular weight is 339 g/mol. The van der Waals surface area contributed by atoms with Gasteiger partial charge in [0, 0.05) is 6.07 Å². The second kappa shape index (κ2) is 5.66. The maximum Gasteiger partial charge on any atom is 0.292 e. The smallest absolute Gasteiger partial charge is 0.292 e. The molecule has 106 valence electrons. The largest absolute Gasteiger partial charge is 0.452 e. The van der Waals surface area contributed by atoms with Crippen LogP contribution >= 0.6 is 15.9 Å². The monoisotopic (exact) mass is 338 g/mol. The molecule has 1 aromatic carbocycles. The van der Waals surface area contributed by atoms with Gasteiger partial charge in [0.25, 0.3) is 5.69 Å². The molecule has 0 aliphatic carbocycles. The summed E-state index contributed by atoms with van der Waals surface area (Å²) in [7, 11) is 0. The third-order valence-corrected chi connectivity index (χ3v) is 3.63. The molecular weight excluding hydrogens is 324 g/mol. The highest BCUT2D eigenvalue weighted by Crippen LogP contribution is 2.31. The molecule has 1 atom stereocenters. The van der Waals surface area contributed by atoms with Gasteiger partial charge in [-0.2, -0.15) is 0 Å². The van der Waals surface area contributed by atoms with Crippen LogP contribution in [0, 0.1) is 24.0 Å². The van der Waals surface area contributed by atoms with E-state index < -0.39 is 0 Å². The Morgan fingerprint density at radius 2 is 1.95 bits per heavy atom. The van der Waals surface area contributed by atoms with Crippen molar-refractivity contribution < 1.29 is 9.34 Å². The van der Waals surface area contributed by atoms with Crippen LogP contribution in [-0.2, 0) is 0 Å². The van der Waals surface area contributed by atoms with Gasteiger partial charge in [-0.1, -0.05) is 0 Å². The van der Waals surface area contributed by atoms with E-state index in [1.165, 1.54) is 0 Å². The zero-order valence-corrected chi connectivity index (χ0v) is 13.0. The Morgan fingerprint density at radius 3 is 2.50 bits per heavy atom. The molecule has 2 aromatic rings. The number of hydrogen-bond donors (Lipinski definition) is 1. The number of furan rings is 1. The van der Waals surface area contributed by atoms with Crippen molar-refractivity contribution in [2.45, 2.75) is 26.8 Å². The zero-order chi connectivity index (χ0) is 14.9. The van der Waals surface area contributed by atoms with Crippen LogP contribution in [0.4, 0.5) is 11.4 Å². The fourth-order valence-corrected chi connectivity index (χ4v) is 2.25. The molecule has 5 nitrogen and oxygen atoms in total. The summed E-state index contributed by atoms with van der Waals surface area (Å²) in [5, 5.41) is 14.3. The molecule has 0 bridgehead atoms. The summed E-state index contributed by atoms with van der Waals surface area (Å²) >= 11 is 3.24. The summed E-state index contributed by atoms with van der Waals surface area (Å²) in [5.74, 6) is 0.712. The fraction of sp³-hybridized carbons (Fsp3) is 0.286. The molecule has 2 rings (SSSR count). The van der Waals surface area contributed by atoms with Crippen LogP contribution in [0.25, 0.3) is 0 Å². The number of nitro groups is 1. The highest BCUT2D eigenvalue weighted by atomic mass is 79.9. The summed E-state index contributed by atoms with van der Waals surface area (Å²) < 4.78 is 6.09. The van der Waals surface area contributed by atoms with Gasteiger partial charge in [-0.15, -0.1) is 0 Å². The van der Waals surface area contributed by atoms with E-state index in [1.807, 2.05) is 26.8 Å². The van der Waals surface area contributed by atoms with E-state index in [1.54, 1.807) is 18.2 Å². The SMILES string of the molecule is Cc1cc(NC(C)c2ccc(Br)o2)c([N+](=O)[O-])cc1C. The molecule has 0 fully saturated rings. The number of nitrogens with zero attached hydrogens (tertiary/aromatic N) is 1. The van der Waals surface area contributed by atoms with Gasteiger partial charge >= 0.3 is 0 Å². The van der Waals surface area contributed by atoms with Crippen molar-refractivity contribution >= 4 is 27.3 Å². The van der Waals surface area contributed by atoms with E-state index in [0.29, 0.717) is 16.1 Å². The van der Waals surface area contributed by atoms with E-state index in [9.17, 15) is 10.1 Å². The topological polar surface area (TPSA) is 68.3 Å². The molecule has 20 heavy (non-hydrogen) atoms. The Labute approximate surface area is 125 Å². The Morgan fingerprint density at radius 1 is 1.30 bits per heavy atom. The summed E-state index contributed by atoms with van der Waals surface area (Å²) in [4.78, 5) is 10.8. The lowest BCUT2D eigenvalue weighted by Gasteiger charge is -2.14. The fourth-order valence-electron chi connectivity index (χ4n) is 1.93. The Kier molecular flexibility index (Phi) is 4.13. The Hall–Kier alpha value is -1.82. The van der Waals surface area contributed by atoms with Gasteiger partial charge in [0.2, 0.25) is 0 Å².